The van der Waals surface area contributed by atoms with Crippen molar-refractivity contribution in [1.82, 2.24) is 15.4 Å². The number of halogens is 3. The lowest BCUT2D eigenvalue weighted by molar-refractivity contribution is 0.0962. The molecular formula is C11H7Cl3N4O. The van der Waals surface area contributed by atoms with E-state index in [1.165, 1.54) is 12.4 Å². The molecule has 0 aliphatic heterocycles. The molecule has 19 heavy (non-hydrogen) atoms. The second-order valence-electron chi connectivity index (χ2n) is 3.38. The molecule has 0 spiro atoms. The fraction of sp³-hybridized carbons (Fsp3) is 0. The van der Waals surface area contributed by atoms with E-state index in [1.54, 1.807) is 18.2 Å². The molecule has 2 aromatic rings. The Balaban J connectivity index is 2.10. The zero-order valence-electron chi connectivity index (χ0n) is 9.32. The van der Waals surface area contributed by atoms with E-state index in [4.69, 9.17) is 34.8 Å². The number of carbonyl (C=O) groups is 1. The number of nitrogens with zero attached hydrogens (tertiary/aromatic N) is 2. The number of benzene rings is 1. The van der Waals surface area contributed by atoms with Crippen LogP contribution in [0.5, 0.6) is 0 Å². The minimum atomic E-state index is -0.464. The van der Waals surface area contributed by atoms with Gasteiger partial charge in [-0.1, -0.05) is 40.9 Å². The summed E-state index contributed by atoms with van der Waals surface area (Å²) < 4.78 is 0. The van der Waals surface area contributed by atoms with Gasteiger partial charge in [0.05, 0.1) is 15.6 Å². The third-order valence-corrected chi connectivity index (χ3v) is 3.24. The van der Waals surface area contributed by atoms with Crippen LogP contribution in [0, 0.1) is 0 Å². The van der Waals surface area contributed by atoms with Crippen molar-refractivity contribution in [1.29, 1.82) is 0 Å². The topological polar surface area (TPSA) is 66.9 Å². The molecule has 1 heterocycles. The quantitative estimate of drug-likeness (QED) is 0.853. The van der Waals surface area contributed by atoms with Gasteiger partial charge in [-0.05, 0) is 12.1 Å². The van der Waals surface area contributed by atoms with E-state index < -0.39 is 5.91 Å². The summed E-state index contributed by atoms with van der Waals surface area (Å²) >= 11 is 17.5. The number of amides is 1. The number of hydrogen-bond acceptors (Lipinski definition) is 4. The molecule has 0 saturated carbocycles. The van der Waals surface area contributed by atoms with Gasteiger partial charge in [-0.15, -0.1) is 0 Å². The van der Waals surface area contributed by atoms with Crippen LogP contribution in [0.3, 0.4) is 0 Å². The van der Waals surface area contributed by atoms with Gasteiger partial charge in [0.15, 0.2) is 11.0 Å². The van der Waals surface area contributed by atoms with Gasteiger partial charge in [-0.2, -0.15) is 0 Å². The van der Waals surface area contributed by atoms with Gasteiger partial charge in [0.2, 0.25) is 0 Å². The summed E-state index contributed by atoms with van der Waals surface area (Å²) in [4.78, 5) is 19.6. The molecule has 0 aliphatic carbocycles. The van der Waals surface area contributed by atoms with Gasteiger partial charge in [-0.25, -0.2) is 9.97 Å². The maximum atomic E-state index is 11.9. The Kier molecular flexibility index (Phi) is 4.42. The number of aromatic nitrogens is 2. The molecule has 0 aliphatic rings. The minimum absolute atomic E-state index is 0.139. The van der Waals surface area contributed by atoms with E-state index in [0.29, 0.717) is 5.02 Å². The minimum Gasteiger partial charge on any atom is -0.279 e. The monoisotopic (exact) mass is 316 g/mol. The average molecular weight is 318 g/mol. The summed E-state index contributed by atoms with van der Waals surface area (Å²) in [6, 6.07) is 4.76. The fourth-order valence-electron chi connectivity index (χ4n) is 1.27. The highest BCUT2D eigenvalue weighted by Crippen LogP contribution is 2.25. The Morgan fingerprint density at radius 1 is 1.11 bits per heavy atom. The maximum Gasteiger partial charge on any atom is 0.271 e. The lowest BCUT2D eigenvalue weighted by Gasteiger charge is -2.09. The van der Waals surface area contributed by atoms with E-state index in [9.17, 15) is 4.79 Å². The van der Waals surface area contributed by atoms with Crippen LogP contribution < -0.4 is 10.9 Å². The highest BCUT2D eigenvalue weighted by atomic mass is 35.5. The van der Waals surface area contributed by atoms with Crippen LogP contribution in [0.1, 0.15) is 10.4 Å². The van der Waals surface area contributed by atoms with Crippen LogP contribution in [0.4, 0.5) is 5.82 Å². The van der Waals surface area contributed by atoms with Crippen molar-refractivity contribution in [2.45, 2.75) is 0 Å². The molecule has 8 heteroatoms. The normalized spacial score (nSPS) is 10.1. The lowest BCUT2D eigenvalue weighted by Crippen LogP contribution is -2.30. The van der Waals surface area contributed by atoms with E-state index >= 15 is 0 Å². The molecule has 2 N–H and O–H groups in total. The number of rotatable bonds is 3. The van der Waals surface area contributed by atoms with Crippen LogP contribution in [-0.4, -0.2) is 15.9 Å². The van der Waals surface area contributed by atoms with Crippen molar-refractivity contribution in [3.8, 4) is 0 Å². The summed E-state index contributed by atoms with van der Waals surface area (Å²) in [7, 11) is 0. The van der Waals surface area contributed by atoms with Crippen LogP contribution in [0.25, 0.3) is 0 Å². The maximum absolute atomic E-state index is 11.9. The van der Waals surface area contributed by atoms with Crippen molar-refractivity contribution in [2.24, 2.45) is 0 Å². The third kappa shape index (κ3) is 3.26. The Morgan fingerprint density at radius 3 is 2.58 bits per heavy atom. The first-order chi connectivity index (χ1) is 9.09. The molecule has 0 saturated heterocycles. The summed E-state index contributed by atoms with van der Waals surface area (Å²) in [5.74, 6) is -0.232. The largest absolute Gasteiger partial charge is 0.279 e. The van der Waals surface area contributed by atoms with Crippen LogP contribution >= 0.6 is 34.8 Å². The zero-order chi connectivity index (χ0) is 13.8. The summed E-state index contributed by atoms with van der Waals surface area (Å²) in [6.45, 7) is 0. The number of anilines is 1. The highest BCUT2D eigenvalue weighted by Gasteiger charge is 2.12. The lowest BCUT2D eigenvalue weighted by atomic mass is 10.2. The van der Waals surface area contributed by atoms with Gasteiger partial charge >= 0.3 is 0 Å². The van der Waals surface area contributed by atoms with Gasteiger partial charge in [0.1, 0.15) is 0 Å². The first-order valence-corrected chi connectivity index (χ1v) is 6.20. The molecule has 1 aromatic heterocycles. The Morgan fingerprint density at radius 2 is 1.84 bits per heavy atom. The highest BCUT2D eigenvalue weighted by molar-refractivity contribution is 6.43. The Labute approximate surface area is 123 Å². The predicted octanol–water partition coefficient (Wildman–Crippen LogP) is 3.19. The molecule has 0 radical (unpaired) electrons. The Hall–Kier alpha value is -1.56. The molecule has 1 aromatic carbocycles. The van der Waals surface area contributed by atoms with E-state index in [2.05, 4.69) is 20.8 Å². The van der Waals surface area contributed by atoms with Gasteiger partial charge < -0.3 is 0 Å². The summed E-state index contributed by atoms with van der Waals surface area (Å²) in [5, 5.41) is 0.612. The van der Waals surface area contributed by atoms with Gasteiger partial charge in [0, 0.05) is 12.4 Å². The molecular weight excluding hydrogens is 311 g/mol. The Bertz CT molecular complexity index is 621. The van der Waals surface area contributed by atoms with Crippen molar-refractivity contribution in [3.63, 3.8) is 0 Å². The van der Waals surface area contributed by atoms with Crippen molar-refractivity contribution < 1.29 is 4.79 Å². The molecule has 98 valence electrons. The molecule has 0 fully saturated rings. The van der Waals surface area contributed by atoms with E-state index in [1.807, 2.05) is 0 Å². The molecule has 0 unspecified atom stereocenters. The molecule has 2 rings (SSSR count). The van der Waals surface area contributed by atoms with Crippen molar-refractivity contribution in [3.05, 3.63) is 51.4 Å². The molecule has 0 atom stereocenters. The van der Waals surface area contributed by atoms with Crippen LogP contribution in [0.15, 0.2) is 30.6 Å². The fourth-order valence-corrected chi connectivity index (χ4v) is 1.81. The van der Waals surface area contributed by atoms with Gasteiger partial charge in [0.25, 0.3) is 5.91 Å². The van der Waals surface area contributed by atoms with Gasteiger partial charge in [-0.3, -0.25) is 15.6 Å². The number of carbonyl (C=O) groups excluding carboxylic acids is 1. The first kappa shape index (κ1) is 13.9. The average Bonchev–Trinajstić information content (AvgIpc) is 2.40. The van der Waals surface area contributed by atoms with Crippen molar-refractivity contribution >= 4 is 46.5 Å². The van der Waals surface area contributed by atoms with E-state index in [-0.39, 0.29) is 21.6 Å². The molecule has 5 nitrogen and oxygen atoms in total. The smallest absolute Gasteiger partial charge is 0.271 e. The predicted molar refractivity (Wildman–Crippen MR) is 74.6 cm³/mol. The van der Waals surface area contributed by atoms with Crippen molar-refractivity contribution in [2.75, 3.05) is 5.43 Å². The standard InChI is InChI=1S/C11H7Cl3N4O/c12-7-3-1-2-6(8(7)13)11(19)18-17-10-9(14)15-4-5-16-10/h1-5H,(H,16,17)(H,18,19). The van der Waals surface area contributed by atoms with Crippen LogP contribution in [-0.2, 0) is 0 Å². The molecule has 1 amide bonds. The second-order valence-corrected chi connectivity index (χ2v) is 4.52. The second kappa shape index (κ2) is 6.06. The zero-order valence-corrected chi connectivity index (χ0v) is 11.6. The summed E-state index contributed by atoms with van der Waals surface area (Å²) in [6.07, 6.45) is 2.87. The van der Waals surface area contributed by atoms with E-state index in [0.717, 1.165) is 0 Å². The van der Waals surface area contributed by atoms with Crippen LogP contribution in [0.2, 0.25) is 15.2 Å². The number of nitrogens with one attached hydrogen (secondary N) is 2. The number of hydrazine groups is 1. The first-order valence-electron chi connectivity index (χ1n) is 5.06. The summed E-state index contributed by atoms with van der Waals surface area (Å²) in [5.41, 5.74) is 5.19. The third-order valence-electron chi connectivity index (χ3n) is 2.14. The SMILES string of the molecule is O=C(NNc1nccnc1Cl)c1cccc(Cl)c1Cl. The number of hydrogen-bond donors (Lipinski definition) is 2. The molecule has 0 bridgehead atoms.